The number of carbonyl (C=O) groups excluding carboxylic acids is 1. The molecule has 0 bridgehead atoms. The number of methoxy groups -OCH3 is 1. The fraction of sp³-hybridized carbons (Fsp3) is 0.267. The maximum absolute atomic E-state index is 14.1. The number of hydrogen-bond acceptors (Lipinski definition) is 8. The molecule has 0 radical (unpaired) electrons. The molecule has 2 aromatic carbocycles. The molecule has 4 aromatic rings. The third kappa shape index (κ3) is 5.62. The molecule has 2 aromatic heterocycles. The van der Waals surface area contributed by atoms with Crippen LogP contribution < -0.4 is 25.8 Å². The van der Waals surface area contributed by atoms with Gasteiger partial charge in [-0.2, -0.15) is 0 Å². The lowest BCUT2D eigenvalue weighted by Gasteiger charge is -2.29. The van der Waals surface area contributed by atoms with Gasteiger partial charge in [0.2, 0.25) is 11.9 Å². The average molecular weight is 558 g/mol. The number of halogens is 1. The van der Waals surface area contributed by atoms with Crippen LogP contribution in [0.5, 0.6) is 5.75 Å². The molecule has 3 heterocycles. The molecule has 10 nitrogen and oxygen atoms in total. The molecule has 1 amide bonds. The Morgan fingerprint density at radius 3 is 2.71 bits per heavy atom. The Morgan fingerprint density at radius 2 is 2.02 bits per heavy atom. The maximum Gasteiger partial charge on any atom is 0.251 e. The van der Waals surface area contributed by atoms with E-state index in [1.165, 1.54) is 28.8 Å². The number of pyridine rings is 1. The first-order chi connectivity index (χ1) is 19.7. The molecule has 1 unspecified atom stereocenters. The zero-order valence-corrected chi connectivity index (χ0v) is 23.4. The van der Waals surface area contributed by atoms with E-state index in [4.69, 9.17) is 9.72 Å². The van der Waals surface area contributed by atoms with Crippen molar-refractivity contribution in [2.75, 3.05) is 49.8 Å². The van der Waals surface area contributed by atoms with Gasteiger partial charge in [-0.25, -0.2) is 14.4 Å². The second-order valence-electron chi connectivity index (χ2n) is 10.1. The number of fused-ring (bicyclic) bond motifs is 1. The third-order valence-corrected chi connectivity index (χ3v) is 7.42. The van der Waals surface area contributed by atoms with Crippen LogP contribution in [0.2, 0.25) is 0 Å². The minimum absolute atomic E-state index is 0.228. The summed E-state index contributed by atoms with van der Waals surface area (Å²) in [6.07, 6.45) is 3.75. The van der Waals surface area contributed by atoms with Gasteiger partial charge >= 0.3 is 0 Å². The lowest BCUT2D eigenvalue weighted by Crippen LogP contribution is -2.34. The second kappa shape index (κ2) is 11.4. The monoisotopic (exact) mass is 557 g/mol. The van der Waals surface area contributed by atoms with Gasteiger partial charge in [0.25, 0.3) is 5.56 Å². The predicted octanol–water partition coefficient (Wildman–Crippen LogP) is 4.15. The molecule has 1 aliphatic rings. The van der Waals surface area contributed by atoms with Crippen LogP contribution >= 0.6 is 0 Å². The second-order valence-corrected chi connectivity index (χ2v) is 10.1. The first-order valence-electron chi connectivity index (χ1n) is 13.1. The quantitative estimate of drug-likeness (QED) is 0.312. The van der Waals surface area contributed by atoms with E-state index >= 15 is 0 Å². The number of nitrogens with one attached hydrogen (secondary N) is 2. The van der Waals surface area contributed by atoms with Crippen LogP contribution in [0.4, 0.5) is 27.4 Å². The lowest BCUT2D eigenvalue weighted by atomic mass is 10.0. The van der Waals surface area contributed by atoms with E-state index in [9.17, 15) is 14.0 Å². The van der Waals surface area contributed by atoms with Crippen LogP contribution in [0.3, 0.4) is 0 Å². The van der Waals surface area contributed by atoms with Gasteiger partial charge in [0.05, 0.1) is 35.9 Å². The fourth-order valence-electron chi connectivity index (χ4n) is 5.12. The minimum atomic E-state index is -0.420. The number of hydrogen-bond donors (Lipinski definition) is 2. The molecule has 0 saturated carbocycles. The number of likely N-dealkylation sites (N-methyl/N-ethyl adjacent to an activating group) is 2. The van der Waals surface area contributed by atoms with Gasteiger partial charge in [-0.3, -0.25) is 9.59 Å². The molecule has 1 atom stereocenters. The van der Waals surface area contributed by atoms with Gasteiger partial charge in [-0.1, -0.05) is 18.7 Å². The van der Waals surface area contributed by atoms with Gasteiger partial charge in [-0.15, -0.1) is 0 Å². The average Bonchev–Trinajstić information content (AvgIpc) is 3.40. The van der Waals surface area contributed by atoms with E-state index in [1.807, 2.05) is 13.1 Å². The summed E-state index contributed by atoms with van der Waals surface area (Å²) in [6.45, 7) is 5.47. The number of carbonyl (C=O) groups is 1. The zero-order valence-electron chi connectivity index (χ0n) is 23.4. The van der Waals surface area contributed by atoms with Crippen LogP contribution in [0.15, 0.2) is 66.1 Å². The van der Waals surface area contributed by atoms with Crippen molar-refractivity contribution in [2.24, 2.45) is 7.05 Å². The molecule has 1 saturated heterocycles. The van der Waals surface area contributed by atoms with Crippen LogP contribution in [-0.4, -0.2) is 65.7 Å². The molecule has 41 heavy (non-hydrogen) atoms. The molecular formula is C30H32FN7O3. The van der Waals surface area contributed by atoms with E-state index in [-0.39, 0.29) is 23.5 Å². The summed E-state index contributed by atoms with van der Waals surface area (Å²) < 4.78 is 21.2. The summed E-state index contributed by atoms with van der Waals surface area (Å²) >= 11 is 0. The fourth-order valence-corrected chi connectivity index (χ4v) is 5.12. The van der Waals surface area contributed by atoms with Crippen LogP contribution in [-0.2, 0) is 11.8 Å². The molecular weight excluding hydrogens is 525 g/mol. The Kier molecular flexibility index (Phi) is 7.71. The summed E-state index contributed by atoms with van der Waals surface area (Å²) in [6, 6.07) is 11.3. The van der Waals surface area contributed by atoms with Crippen molar-refractivity contribution < 1.29 is 13.9 Å². The van der Waals surface area contributed by atoms with E-state index in [1.54, 1.807) is 38.6 Å². The number of benzene rings is 2. The number of aryl methyl sites for hydroxylation is 1. The largest absolute Gasteiger partial charge is 0.494 e. The van der Waals surface area contributed by atoms with Crippen molar-refractivity contribution in [3.63, 3.8) is 0 Å². The highest BCUT2D eigenvalue weighted by Crippen LogP contribution is 2.39. The highest BCUT2D eigenvalue weighted by molar-refractivity contribution is 6.02. The van der Waals surface area contributed by atoms with Crippen molar-refractivity contribution in [3.05, 3.63) is 77.5 Å². The Morgan fingerprint density at radius 1 is 1.22 bits per heavy atom. The van der Waals surface area contributed by atoms with E-state index in [0.717, 1.165) is 25.2 Å². The number of ether oxygens (including phenoxy) is 1. The van der Waals surface area contributed by atoms with Crippen molar-refractivity contribution in [3.8, 4) is 16.9 Å². The van der Waals surface area contributed by atoms with Gasteiger partial charge < -0.3 is 29.7 Å². The SMILES string of the molecule is C=CC(=O)Nc1cc(Nc2ncc3c(n2)c(-c2cccc(F)c2)cc(=O)n3C)c(OC)cc1N(C)C1CCN(C)C1. The molecule has 5 rings (SSSR count). The molecule has 0 spiro atoms. The summed E-state index contributed by atoms with van der Waals surface area (Å²) in [5.74, 6) is -0.0188. The van der Waals surface area contributed by atoms with Gasteiger partial charge in [-0.05, 0) is 49.9 Å². The Bertz CT molecular complexity index is 1700. The first-order valence-corrected chi connectivity index (χ1v) is 13.1. The number of amides is 1. The van der Waals surface area contributed by atoms with E-state index in [2.05, 4.69) is 39.0 Å². The van der Waals surface area contributed by atoms with Crippen molar-refractivity contribution in [1.29, 1.82) is 0 Å². The Labute approximate surface area is 237 Å². The molecule has 212 valence electrons. The van der Waals surface area contributed by atoms with E-state index < -0.39 is 5.82 Å². The minimum Gasteiger partial charge on any atom is -0.494 e. The molecule has 0 aliphatic carbocycles. The highest BCUT2D eigenvalue weighted by atomic mass is 19.1. The predicted molar refractivity (Wildman–Crippen MR) is 160 cm³/mol. The summed E-state index contributed by atoms with van der Waals surface area (Å²) in [5, 5.41) is 6.11. The Balaban J connectivity index is 1.59. The molecule has 1 aliphatic heterocycles. The number of aromatic nitrogens is 3. The molecule has 2 N–H and O–H groups in total. The molecule has 1 fully saturated rings. The van der Waals surface area contributed by atoms with Gasteiger partial charge in [0.1, 0.15) is 17.1 Å². The van der Waals surface area contributed by atoms with Crippen LogP contribution in [0.1, 0.15) is 6.42 Å². The van der Waals surface area contributed by atoms with Gasteiger partial charge in [0, 0.05) is 44.4 Å². The first kappa shape index (κ1) is 27.8. The topological polar surface area (TPSA) is 105 Å². The maximum atomic E-state index is 14.1. The summed E-state index contributed by atoms with van der Waals surface area (Å²) in [7, 11) is 7.28. The number of rotatable bonds is 8. The number of anilines is 4. The van der Waals surface area contributed by atoms with Crippen LogP contribution in [0, 0.1) is 5.82 Å². The normalized spacial score (nSPS) is 15.1. The van der Waals surface area contributed by atoms with Crippen molar-refractivity contribution >= 4 is 40.0 Å². The van der Waals surface area contributed by atoms with E-state index in [0.29, 0.717) is 39.3 Å². The number of nitrogens with zero attached hydrogens (tertiary/aromatic N) is 5. The van der Waals surface area contributed by atoms with Crippen molar-refractivity contribution in [1.82, 2.24) is 19.4 Å². The number of likely N-dealkylation sites (tertiary alicyclic amines) is 1. The highest BCUT2D eigenvalue weighted by Gasteiger charge is 2.26. The summed E-state index contributed by atoms with van der Waals surface area (Å²) in [5.41, 5.74) is 3.58. The molecule has 11 heteroatoms. The standard InChI is InChI=1S/C30H32FN7O3/c1-6-27(39)33-22-14-23(26(41-5)15-24(22)37(3)20-10-11-36(2)17-20)34-30-32-16-25-29(35-30)21(13-28(40)38(25)4)18-8-7-9-19(31)12-18/h6-9,12-16,20H,1,10-11,17H2,2-5H3,(H,33,39)(H,32,34,35). The smallest absolute Gasteiger partial charge is 0.251 e. The van der Waals surface area contributed by atoms with Gasteiger partial charge in [0.15, 0.2) is 0 Å². The zero-order chi connectivity index (χ0) is 29.3. The van der Waals surface area contributed by atoms with Crippen LogP contribution in [0.25, 0.3) is 22.2 Å². The van der Waals surface area contributed by atoms with Crippen molar-refractivity contribution in [2.45, 2.75) is 12.5 Å². The lowest BCUT2D eigenvalue weighted by molar-refractivity contribution is -0.111. The third-order valence-electron chi connectivity index (χ3n) is 7.42. The summed E-state index contributed by atoms with van der Waals surface area (Å²) in [4.78, 5) is 38.6. The Hall–Kier alpha value is -4.77.